The number of fused-ring (bicyclic) bond motifs is 9. The highest BCUT2D eigenvalue weighted by Crippen LogP contribution is 2.62. The van der Waals surface area contributed by atoms with Crippen LogP contribution in [0, 0.1) is 11.3 Å². The van der Waals surface area contributed by atoms with Crippen molar-refractivity contribution >= 4 is 0 Å². The van der Waals surface area contributed by atoms with Gasteiger partial charge in [-0.2, -0.15) is 5.26 Å². The molecule has 0 radical (unpaired) electrons. The molecule has 2 heterocycles. The number of hydrogen-bond acceptors (Lipinski definition) is 4. The van der Waals surface area contributed by atoms with E-state index in [0.29, 0.717) is 11.4 Å². The summed E-state index contributed by atoms with van der Waals surface area (Å²) >= 11 is 0. The van der Waals surface area contributed by atoms with E-state index in [-0.39, 0.29) is 0 Å². The molecule has 1 aromatic heterocycles. The molecule has 0 saturated carbocycles. The van der Waals surface area contributed by atoms with Gasteiger partial charge in [-0.15, -0.1) is 0 Å². The van der Waals surface area contributed by atoms with Crippen LogP contribution in [0.4, 0.5) is 0 Å². The number of benzene rings is 7. The van der Waals surface area contributed by atoms with E-state index >= 15 is 0 Å². The Balaban J connectivity index is 1.12. The molecule has 0 amide bonds. The molecule has 1 atom stereocenters. The van der Waals surface area contributed by atoms with Gasteiger partial charge in [-0.1, -0.05) is 140 Å². The van der Waals surface area contributed by atoms with Crippen LogP contribution in [-0.2, 0) is 5.41 Å². The van der Waals surface area contributed by atoms with E-state index in [4.69, 9.17) is 14.7 Å². The minimum absolute atomic E-state index is 0.604. The molecule has 8 aromatic rings. The second-order valence-electron chi connectivity index (χ2n) is 13.2. The standard InChI is InChI=1S/C48H29N3O/c49-30-31-19-26-46-42(27-31)48(40-17-9-10-18-45(40)52-46)39-16-8-7-15-37(39)38-25-24-36(28-41(38)48)32-20-22-35(23-21-32)47-50-43(33-11-3-1-4-12-33)29-44(51-47)34-13-5-2-6-14-34/h1-29H. The summed E-state index contributed by atoms with van der Waals surface area (Å²) in [5.41, 5.74) is 13.7. The molecule has 1 aliphatic heterocycles. The molecule has 0 N–H and O–H groups in total. The molecular weight excluding hydrogens is 635 g/mol. The fourth-order valence-corrected chi connectivity index (χ4v) is 8.05. The maximum Gasteiger partial charge on any atom is 0.160 e. The summed E-state index contributed by atoms with van der Waals surface area (Å²) in [6.45, 7) is 0. The van der Waals surface area contributed by atoms with E-state index in [1.807, 2.05) is 66.7 Å². The first kappa shape index (κ1) is 29.8. The fourth-order valence-electron chi connectivity index (χ4n) is 8.05. The van der Waals surface area contributed by atoms with Gasteiger partial charge in [-0.05, 0) is 69.8 Å². The van der Waals surface area contributed by atoms with Crippen molar-refractivity contribution in [3.8, 4) is 73.7 Å². The smallest absolute Gasteiger partial charge is 0.160 e. The zero-order valence-corrected chi connectivity index (χ0v) is 28.0. The van der Waals surface area contributed by atoms with Crippen molar-refractivity contribution in [1.82, 2.24) is 9.97 Å². The van der Waals surface area contributed by atoms with Crippen LogP contribution in [0.3, 0.4) is 0 Å². The summed E-state index contributed by atoms with van der Waals surface area (Å²) in [5, 5.41) is 10.0. The topological polar surface area (TPSA) is 58.8 Å². The lowest BCUT2D eigenvalue weighted by Gasteiger charge is -2.39. The Kier molecular flexibility index (Phi) is 6.74. The van der Waals surface area contributed by atoms with E-state index in [1.54, 1.807) is 0 Å². The van der Waals surface area contributed by atoms with Gasteiger partial charge in [0, 0.05) is 27.8 Å². The number of ether oxygens (including phenoxy) is 1. The first-order valence-electron chi connectivity index (χ1n) is 17.4. The van der Waals surface area contributed by atoms with Gasteiger partial charge >= 0.3 is 0 Å². The van der Waals surface area contributed by atoms with Crippen LogP contribution in [0.2, 0.25) is 0 Å². The van der Waals surface area contributed by atoms with Crippen molar-refractivity contribution in [2.45, 2.75) is 5.41 Å². The lowest BCUT2D eigenvalue weighted by atomic mass is 9.65. The van der Waals surface area contributed by atoms with Gasteiger partial charge in [0.2, 0.25) is 0 Å². The summed E-state index contributed by atoms with van der Waals surface area (Å²) in [7, 11) is 0. The fraction of sp³-hybridized carbons (Fsp3) is 0.0208. The molecule has 2 aliphatic rings. The van der Waals surface area contributed by atoms with Gasteiger partial charge in [-0.25, -0.2) is 9.97 Å². The van der Waals surface area contributed by atoms with Crippen LogP contribution in [0.1, 0.15) is 27.8 Å². The quantitative estimate of drug-likeness (QED) is 0.188. The lowest BCUT2D eigenvalue weighted by molar-refractivity contribution is 0.436. The zero-order valence-electron chi connectivity index (χ0n) is 28.0. The maximum absolute atomic E-state index is 10.0. The second kappa shape index (κ2) is 11.8. The summed E-state index contributed by atoms with van der Waals surface area (Å²) < 4.78 is 6.52. The highest BCUT2D eigenvalue weighted by Gasteiger charge is 2.51. The molecule has 0 bridgehead atoms. The van der Waals surface area contributed by atoms with Gasteiger partial charge in [0.1, 0.15) is 11.5 Å². The third-order valence-corrected chi connectivity index (χ3v) is 10.4. The van der Waals surface area contributed by atoms with Crippen molar-refractivity contribution in [1.29, 1.82) is 5.26 Å². The molecule has 52 heavy (non-hydrogen) atoms. The number of aromatic nitrogens is 2. The molecule has 4 nitrogen and oxygen atoms in total. The zero-order chi connectivity index (χ0) is 34.6. The van der Waals surface area contributed by atoms with Gasteiger partial charge < -0.3 is 4.74 Å². The summed E-state index contributed by atoms with van der Waals surface area (Å²) in [6, 6.07) is 63.0. The van der Waals surface area contributed by atoms with Crippen LogP contribution in [-0.4, -0.2) is 9.97 Å². The van der Waals surface area contributed by atoms with Gasteiger partial charge in [-0.3, -0.25) is 0 Å². The lowest BCUT2D eigenvalue weighted by Crippen LogP contribution is -2.32. The average Bonchev–Trinajstić information content (AvgIpc) is 3.51. The Hall–Kier alpha value is -7.09. The summed E-state index contributed by atoms with van der Waals surface area (Å²) in [4.78, 5) is 10.1. The first-order chi connectivity index (χ1) is 25.7. The summed E-state index contributed by atoms with van der Waals surface area (Å²) in [6.07, 6.45) is 0. The van der Waals surface area contributed by atoms with Crippen molar-refractivity contribution < 1.29 is 4.74 Å². The van der Waals surface area contributed by atoms with Crippen LogP contribution >= 0.6 is 0 Å². The largest absolute Gasteiger partial charge is 0.457 e. The number of hydrogen-bond donors (Lipinski definition) is 0. The molecule has 1 unspecified atom stereocenters. The number of para-hydroxylation sites is 1. The third kappa shape index (κ3) is 4.54. The van der Waals surface area contributed by atoms with E-state index in [1.165, 1.54) is 22.3 Å². The van der Waals surface area contributed by atoms with Gasteiger partial charge in [0.05, 0.1) is 28.4 Å². The van der Waals surface area contributed by atoms with Crippen LogP contribution in [0.5, 0.6) is 11.5 Å². The molecular formula is C48H29N3O. The number of nitriles is 1. The molecule has 4 heteroatoms. The van der Waals surface area contributed by atoms with Crippen LogP contribution in [0.25, 0.3) is 56.2 Å². The number of rotatable bonds is 4. The third-order valence-electron chi connectivity index (χ3n) is 10.4. The second-order valence-corrected chi connectivity index (χ2v) is 13.2. The Morgan fingerprint density at radius 1 is 0.423 bits per heavy atom. The molecule has 0 fully saturated rings. The highest BCUT2D eigenvalue weighted by molar-refractivity contribution is 5.90. The van der Waals surface area contributed by atoms with E-state index in [2.05, 4.69) is 115 Å². The molecule has 0 saturated heterocycles. The van der Waals surface area contributed by atoms with Crippen molar-refractivity contribution in [3.63, 3.8) is 0 Å². The van der Waals surface area contributed by atoms with Gasteiger partial charge in [0.15, 0.2) is 5.82 Å². The van der Waals surface area contributed by atoms with Crippen LogP contribution < -0.4 is 4.74 Å². The maximum atomic E-state index is 10.0. The first-order valence-corrected chi connectivity index (χ1v) is 17.4. The van der Waals surface area contributed by atoms with Crippen molar-refractivity contribution in [2.75, 3.05) is 0 Å². The molecule has 1 aliphatic carbocycles. The predicted molar refractivity (Wildman–Crippen MR) is 206 cm³/mol. The van der Waals surface area contributed by atoms with E-state index in [9.17, 15) is 5.26 Å². The SMILES string of the molecule is N#Cc1ccc2c(c1)C1(c3ccccc3O2)c2ccccc2-c2ccc(-c3ccc(-c4nc(-c5ccccc5)cc(-c5ccccc5)n4)cc3)cc21. The molecule has 242 valence electrons. The average molecular weight is 664 g/mol. The Labute approximate surface area is 301 Å². The van der Waals surface area contributed by atoms with Crippen molar-refractivity contribution in [2.24, 2.45) is 0 Å². The van der Waals surface area contributed by atoms with Gasteiger partial charge in [0.25, 0.3) is 0 Å². The monoisotopic (exact) mass is 663 g/mol. The summed E-state index contributed by atoms with van der Waals surface area (Å²) in [5.74, 6) is 2.27. The predicted octanol–water partition coefficient (Wildman–Crippen LogP) is 11.5. The van der Waals surface area contributed by atoms with E-state index < -0.39 is 5.41 Å². The molecule has 7 aromatic carbocycles. The normalized spacial score (nSPS) is 14.8. The highest BCUT2D eigenvalue weighted by atomic mass is 16.5. The number of nitrogens with zero attached hydrogens (tertiary/aromatic N) is 3. The Morgan fingerprint density at radius 3 is 1.71 bits per heavy atom. The molecule has 10 rings (SSSR count). The van der Waals surface area contributed by atoms with Crippen LogP contribution in [0.15, 0.2) is 176 Å². The molecule has 1 spiro atoms. The minimum atomic E-state index is -0.654. The van der Waals surface area contributed by atoms with Crippen molar-refractivity contribution in [3.05, 3.63) is 204 Å². The van der Waals surface area contributed by atoms with E-state index in [0.717, 1.165) is 61.8 Å². The Morgan fingerprint density at radius 2 is 1.00 bits per heavy atom. The Bertz CT molecular complexity index is 2660. The minimum Gasteiger partial charge on any atom is -0.457 e.